The number of nitrogens with one attached hydrogen (secondary N) is 2. The van der Waals surface area contributed by atoms with E-state index in [2.05, 4.69) is 15.6 Å². The molecule has 0 aliphatic carbocycles. The molecule has 2 unspecified atom stereocenters. The molecule has 1 amide bonds. The second-order valence-electron chi connectivity index (χ2n) is 5.81. The van der Waals surface area contributed by atoms with Crippen molar-refractivity contribution in [3.05, 3.63) is 59.4 Å². The van der Waals surface area contributed by atoms with Gasteiger partial charge >= 0.3 is 6.18 Å². The molecule has 1 saturated heterocycles. The highest BCUT2D eigenvalue weighted by Gasteiger charge is 2.33. The highest BCUT2D eigenvalue weighted by atomic mass is 19.4. The molecule has 3 rings (SSSR count). The summed E-state index contributed by atoms with van der Waals surface area (Å²) in [4.78, 5) is 15.3. The first-order chi connectivity index (χ1) is 11.8. The van der Waals surface area contributed by atoms with E-state index in [0.717, 1.165) is 11.8 Å². The number of aromatic nitrogens is 1. The summed E-state index contributed by atoms with van der Waals surface area (Å²) < 4.78 is 51.1. The standard InChI is InChI=1S/C17H15F4N3O/c18-13-9-23-14(13)7-10-1-3-12(4-2-10)24-16(25)11-5-6-22-15(8-11)17(19,20)21/h1-6,8,13-14,23H,7,9H2,(H,24,25). The lowest BCUT2D eigenvalue weighted by atomic mass is 9.96. The van der Waals surface area contributed by atoms with Crippen LogP contribution in [0.3, 0.4) is 0 Å². The van der Waals surface area contributed by atoms with Crippen molar-refractivity contribution in [2.24, 2.45) is 0 Å². The number of benzene rings is 1. The molecule has 8 heteroatoms. The van der Waals surface area contributed by atoms with E-state index in [9.17, 15) is 22.4 Å². The van der Waals surface area contributed by atoms with Crippen LogP contribution in [0.4, 0.5) is 23.2 Å². The van der Waals surface area contributed by atoms with Crippen LogP contribution < -0.4 is 10.6 Å². The zero-order chi connectivity index (χ0) is 18.0. The highest BCUT2D eigenvalue weighted by molar-refractivity contribution is 6.04. The molecule has 1 fully saturated rings. The Labute approximate surface area is 141 Å². The van der Waals surface area contributed by atoms with Crippen LogP contribution in [0, 0.1) is 0 Å². The van der Waals surface area contributed by atoms with Gasteiger partial charge in [-0.25, -0.2) is 4.39 Å². The molecule has 0 saturated carbocycles. The minimum absolute atomic E-state index is 0.134. The molecule has 4 nitrogen and oxygen atoms in total. The van der Waals surface area contributed by atoms with E-state index in [4.69, 9.17) is 0 Å². The van der Waals surface area contributed by atoms with Crippen molar-refractivity contribution >= 4 is 11.6 Å². The summed E-state index contributed by atoms with van der Waals surface area (Å²) in [7, 11) is 0. The van der Waals surface area contributed by atoms with Gasteiger partial charge in [0, 0.05) is 30.0 Å². The van der Waals surface area contributed by atoms with E-state index in [1.54, 1.807) is 24.3 Å². The second-order valence-corrected chi connectivity index (χ2v) is 5.81. The topological polar surface area (TPSA) is 54.0 Å². The average molecular weight is 353 g/mol. The molecule has 0 radical (unpaired) electrons. The van der Waals surface area contributed by atoms with E-state index in [1.165, 1.54) is 6.07 Å². The van der Waals surface area contributed by atoms with Crippen LogP contribution in [-0.4, -0.2) is 29.6 Å². The zero-order valence-electron chi connectivity index (χ0n) is 13.0. The summed E-state index contributed by atoms with van der Waals surface area (Å²) in [5.41, 5.74) is 0.0909. The smallest absolute Gasteiger partial charge is 0.322 e. The van der Waals surface area contributed by atoms with Gasteiger partial charge < -0.3 is 10.6 Å². The number of hydrogen-bond donors (Lipinski definition) is 2. The largest absolute Gasteiger partial charge is 0.433 e. The van der Waals surface area contributed by atoms with Crippen molar-refractivity contribution in [2.75, 3.05) is 11.9 Å². The molecular weight excluding hydrogens is 338 g/mol. The van der Waals surface area contributed by atoms with Gasteiger partial charge in [-0.3, -0.25) is 9.78 Å². The molecule has 2 atom stereocenters. The monoisotopic (exact) mass is 353 g/mol. The van der Waals surface area contributed by atoms with Crippen LogP contribution in [0.25, 0.3) is 0 Å². The Morgan fingerprint density at radius 1 is 1.24 bits per heavy atom. The van der Waals surface area contributed by atoms with Gasteiger partial charge in [-0.1, -0.05) is 12.1 Å². The van der Waals surface area contributed by atoms with Crippen LogP contribution in [0.15, 0.2) is 42.6 Å². The average Bonchev–Trinajstić information content (AvgIpc) is 2.59. The lowest BCUT2D eigenvalue weighted by Gasteiger charge is -2.32. The number of alkyl halides is 4. The minimum Gasteiger partial charge on any atom is -0.322 e. The van der Waals surface area contributed by atoms with Gasteiger partial charge in [0.2, 0.25) is 0 Å². The van der Waals surface area contributed by atoms with Crippen molar-refractivity contribution < 1.29 is 22.4 Å². The predicted molar refractivity (Wildman–Crippen MR) is 84.0 cm³/mol. The second kappa shape index (κ2) is 6.79. The van der Waals surface area contributed by atoms with Crippen molar-refractivity contribution in [1.82, 2.24) is 10.3 Å². The van der Waals surface area contributed by atoms with Gasteiger partial charge in [-0.05, 0) is 36.2 Å². The number of amides is 1. The number of halogens is 4. The molecule has 2 N–H and O–H groups in total. The zero-order valence-corrected chi connectivity index (χ0v) is 13.0. The van der Waals surface area contributed by atoms with Gasteiger partial charge in [0.15, 0.2) is 0 Å². The summed E-state index contributed by atoms with van der Waals surface area (Å²) in [6.07, 6.45) is -3.98. The predicted octanol–water partition coefficient (Wildman–Crippen LogP) is 3.21. The number of hydrogen-bond acceptors (Lipinski definition) is 3. The Hall–Kier alpha value is -2.48. The molecule has 1 aromatic heterocycles. The number of pyridine rings is 1. The fourth-order valence-corrected chi connectivity index (χ4v) is 2.48. The fourth-order valence-electron chi connectivity index (χ4n) is 2.48. The Bertz CT molecular complexity index is 761. The Balaban J connectivity index is 1.65. The molecule has 0 spiro atoms. The molecule has 1 aromatic carbocycles. The van der Waals surface area contributed by atoms with Crippen molar-refractivity contribution in [3.63, 3.8) is 0 Å². The highest BCUT2D eigenvalue weighted by Crippen LogP contribution is 2.28. The van der Waals surface area contributed by atoms with Gasteiger partial charge in [-0.15, -0.1) is 0 Å². The molecular formula is C17H15F4N3O. The maximum atomic E-state index is 13.2. The van der Waals surface area contributed by atoms with Gasteiger partial charge in [-0.2, -0.15) is 13.2 Å². The van der Waals surface area contributed by atoms with E-state index in [0.29, 0.717) is 24.7 Å². The Kier molecular flexibility index (Phi) is 4.71. The molecule has 0 bridgehead atoms. The van der Waals surface area contributed by atoms with Crippen molar-refractivity contribution in [2.45, 2.75) is 24.8 Å². The maximum Gasteiger partial charge on any atom is 0.433 e. The fraction of sp³-hybridized carbons (Fsp3) is 0.294. The van der Waals surface area contributed by atoms with Crippen LogP contribution in [0.5, 0.6) is 0 Å². The number of rotatable bonds is 4. The third-order valence-corrected chi connectivity index (χ3v) is 3.99. The normalized spacial score (nSPS) is 20.0. The Morgan fingerprint density at radius 2 is 1.96 bits per heavy atom. The van der Waals surface area contributed by atoms with Crippen molar-refractivity contribution in [3.8, 4) is 0 Å². The van der Waals surface area contributed by atoms with Crippen LogP contribution >= 0.6 is 0 Å². The van der Waals surface area contributed by atoms with Crippen molar-refractivity contribution in [1.29, 1.82) is 0 Å². The molecule has 2 aromatic rings. The quantitative estimate of drug-likeness (QED) is 0.830. The van der Waals surface area contributed by atoms with Crippen LogP contribution in [-0.2, 0) is 12.6 Å². The van der Waals surface area contributed by atoms with Gasteiger partial charge in [0.25, 0.3) is 5.91 Å². The molecule has 1 aliphatic heterocycles. The molecule has 1 aliphatic rings. The first-order valence-electron chi connectivity index (χ1n) is 7.64. The summed E-state index contributed by atoms with van der Waals surface area (Å²) in [5, 5.41) is 5.52. The summed E-state index contributed by atoms with van der Waals surface area (Å²) in [5.74, 6) is -0.662. The lowest BCUT2D eigenvalue weighted by molar-refractivity contribution is -0.141. The maximum absolute atomic E-state index is 13.2. The number of carbonyl (C=O) groups excluding carboxylic acids is 1. The number of nitrogens with zero attached hydrogens (tertiary/aromatic N) is 1. The minimum atomic E-state index is -4.61. The van der Waals surface area contributed by atoms with Gasteiger partial charge in [0.05, 0.1) is 0 Å². The first kappa shape index (κ1) is 17.3. The molecule has 132 valence electrons. The third kappa shape index (κ3) is 4.14. The van der Waals surface area contributed by atoms with E-state index in [1.807, 2.05) is 0 Å². The van der Waals surface area contributed by atoms with E-state index < -0.39 is 23.9 Å². The first-order valence-corrected chi connectivity index (χ1v) is 7.64. The summed E-state index contributed by atoms with van der Waals surface area (Å²) in [6.45, 7) is 0.366. The summed E-state index contributed by atoms with van der Waals surface area (Å²) in [6, 6.07) is 8.47. The van der Waals surface area contributed by atoms with Gasteiger partial charge in [0.1, 0.15) is 11.9 Å². The summed E-state index contributed by atoms with van der Waals surface area (Å²) >= 11 is 0. The molecule has 2 heterocycles. The SMILES string of the molecule is O=C(Nc1ccc(CC2NCC2F)cc1)c1ccnc(C(F)(F)F)c1. The lowest BCUT2D eigenvalue weighted by Crippen LogP contribution is -2.55. The van der Waals surface area contributed by atoms with Crippen LogP contribution in [0.1, 0.15) is 21.6 Å². The number of carbonyl (C=O) groups is 1. The number of anilines is 1. The van der Waals surface area contributed by atoms with Crippen LogP contribution in [0.2, 0.25) is 0 Å². The Morgan fingerprint density at radius 3 is 2.52 bits per heavy atom. The molecule has 25 heavy (non-hydrogen) atoms. The third-order valence-electron chi connectivity index (χ3n) is 3.99. The van der Waals surface area contributed by atoms with E-state index in [-0.39, 0.29) is 11.6 Å². The van der Waals surface area contributed by atoms with E-state index >= 15 is 0 Å².